The summed E-state index contributed by atoms with van der Waals surface area (Å²) >= 11 is 0. The summed E-state index contributed by atoms with van der Waals surface area (Å²) in [5, 5.41) is 13.0. The number of nitrogens with zero attached hydrogens (tertiary/aromatic N) is 2. The number of hydrogen-bond donors (Lipinski definition) is 1. The minimum Gasteiger partial charge on any atom is -0.490 e. The maximum Gasteiger partial charge on any atom is 0.335 e. The zero-order chi connectivity index (χ0) is 26.5. The van der Waals surface area contributed by atoms with Crippen molar-refractivity contribution in [3.8, 4) is 11.5 Å². The molecule has 0 saturated carbocycles. The van der Waals surface area contributed by atoms with Crippen LogP contribution in [0.2, 0.25) is 0 Å². The SMILES string of the molecule is CCOc1cc(/C=C2\C(=O)NC(=O)N(c3ccc([N+](=O)[O-])cc3)C2=O)ccc1OCc1ccccc1F. The lowest BCUT2D eigenvalue weighted by atomic mass is 10.1. The number of amides is 4. The molecule has 3 aromatic rings. The van der Waals surface area contributed by atoms with E-state index in [2.05, 4.69) is 5.32 Å². The fourth-order valence-corrected chi connectivity index (χ4v) is 3.55. The molecule has 0 aromatic heterocycles. The van der Waals surface area contributed by atoms with Gasteiger partial charge in [0.1, 0.15) is 18.0 Å². The number of benzene rings is 3. The van der Waals surface area contributed by atoms with Crippen molar-refractivity contribution in [2.75, 3.05) is 11.5 Å². The molecule has 1 fully saturated rings. The van der Waals surface area contributed by atoms with Crippen molar-refractivity contribution in [3.63, 3.8) is 0 Å². The molecule has 11 heteroatoms. The number of hydrogen-bond acceptors (Lipinski definition) is 7. The van der Waals surface area contributed by atoms with Crippen LogP contribution in [0.3, 0.4) is 0 Å². The number of ether oxygens (including phenoxy) is 2. The first kappa shape index (κ1) is 25.0. The van der Waals surface area contributed by atoms with Crippen LogP contribution in [0.5, 0.6) is 11.5 Å². The third-order valence-electron chi connectivity index (χ3n) is 5.34. The highest BCUT2D eigenvalue weighted by Crippen LogP contribution is 2.31. The highest BCUT2D eigenvalue weighted by Gasteiger charge is 2.37. The van der Waals surface area contributed by atoms with Gasteiger partial charge in [-0.15, -0.1) is 0 Å². The van der Waals surface area contributed by atoms with Crippen LogP contribution < -0.4 is 19.7 Å². The Labute approximate surface area is 210 Å². The van der Waals surface area contributed by atoms with Crippen molar-refractivity contribution in [1.82, 2.24) is 5.32 Å². The molecule has 10 nitrogen and oxygen atoms in total. The molecule has 1 aliphatic heterocycles. The molecule has 1 heterocycles. The van der Waals surface area contributed by atoms with Crippen LogP contribution in [0.1, 0.15) is 18.1 Å². The zero-order valence-corrected chi connectivity index (χ0v) is 19.5. The molecule has 0 radical (unpaired) electrons. The molecule has 0 bridgehead atoms. The number of nitro benzene ring substituents is 1. The molecule has 0 unspecified atom stereocenters. The number of urea groups is 1. The Morgan fingerprint density at radius 1 is 1.00 bits per heavy atom. The zero-order valence-electron chi connectivity index (χ0n) is 19.5. The molecule has 4 amide bonds. The van der Waals surface area contributed by atoms with Gasteiger partial charge in [0.15, 0.2) is 11.5 Å². The van der Waals surface area contributed by atoms with Crippen LogP contribution in [0.25, 0.3) is 6.08 Å². The molecule has 3 aromatic carbocycles. The summed E-state index contributed by atoms with van der Waals surface area (Å²) in [5.41, 5.74) is 0.259. The van der Waals surface area contributed by atoms with Gasteiger partial charge in [0.25, 0.3) is 17.5 Å². The first-order chi connectivity index (χ1) is 17.8. The Hall–Kier alpha value is -5.06. The number of halogens is 1. The van der Waals surface area contributed by atoms with Crippen molar-refractivity contribution in [3.05, 3.63) is 99.4 Å². The summed E-state index contributed by atoms with van der Waals surface area (Å²) < 4.78 is 25.3. The molecular weight excluding hydrogens is 485 g/mol. The van der Waals surface area contributed by atoms with E-state index in [0.717, 1.165) is 12.1 Å². The van der Waals surface area contributed by atoms with Crippen molar-refractivity contribution < 1.29 is 33.2 Å². The predicted octanol–water partition coefficient (Wildman–Crippen LogP) is 4.38. The van der Waals surface area contributed by atoms with E-state index in [4.69, 9.17) is 9.47 Å². The van der Waals surface area contributed by atoms with E-state index in [1.54, 1.807) is 43.3 Å². The van der Waals surface area contributed by atoms with E-state index < -0.39 is 28.6 Å². The first-order valence-corrected chi connectivity index (χ1v) is 11.1. The van der Waals surface area contributed by atoms with Gasteiger partial charge < -0.3 is 9.47 Å². The van der Waals surface area contributed by atoms with Crippen LogP contribution in [-0.4, -0.2) is 29.4 Å². The number of rotatable bonds is 8. The van der Waals surface area contributed by atoms with Crippen LogP contribution in [0.15, 0.2) is 72.3 Å². The average molecular weight is 505 g/mol. The van der Waals surface area contributed by atoms with Gasteiger partial charge >= 0.3 is 6.03 Å². The topological polar surface area (TPSA) is 128 Å². The van der Waals surface area contributed by atoms with E-state index in [1.807, 2.05) is 0 Å². The predicted molar refractivity (Wildman–Crippen MR) is 130 cm³/mol. The van der Waals surface area contributed by atoms with E-state index >= 15 is 0 Å². The summed E-state index contributed by atoms with van der Waals surface area (Å²) in [4.78, 5) is 48.9. The monoisotopic (exact) mass is 505 g/mol. The van der Waals surface area contributed by atoms with Gasteiger partial charge in [-0.3, -0.25) is 25.0 Å². The number of anilines is 1. The second kappa shape index (κ2) is 10.7. The first-order valence-electron chi connectivity index (χ1n) is 11.1. The summed E-state index contributed by atoms with van der Waals surface area (Å²) in [6.07, 6.45) is 1.28. The Morgan fingerprint density at radius 2 is 1.73 bits per heavy atom. The van der Waals surface area contributed by atoms with Gasteiger partial charge in [-0.05, 0) is 48.9 Å². The fraction of sp³-hybridized carbons (Fsp3) is 0.115. The van der Waals surface area contributed by atoms with E-state index in [1.165, 1.54) is 24.3 Å². The molecule has 0 aliphatic carbocycles. The number of nitro groups is 1. The third-order valence-corrected chi connectivity index (χ3v) is 5.34. The van der Waals surface area contributed by atoms with Gasteiger partial charge in [0.05, 0.1) is 17.2 Å². The lowest BCUT2D eigenvalue weighted by Gasteiger charge is -2.26. The summed E-state index contributed by atoms with van der Waals surface area (Å²) in [7, 11) is 0. The number of carbonyl (C=O) groups is 3. The second-order valence-electron chi connectivity index (χ2n) is 7.75. The van der Waals surface area contributed by atoms with Gasteiger partial charge in [-0.25, -0.2) is 14.1 Å². The minimum atomic E-state index is -0.979. The number of non-ortho nitro benzene ring substituents is 1. The molecule has 188 valence electrons. The largest absolute Gasteiger partial charge is 0.490 e. The number of carbonyl (C=O) groups excluding carboxylic acids is 3. The van der Waals surface area contributed by atoms with Crippen LogP contribution in [0.4, 0.5) is 20.6 Å². The quantitative estimate of drug-likeness (QED) is 0.208. The van der Waals surface area contributed by atoms with Crippen LogP contribution in [0, 0.1) is 15.9 Å². The smallest absolute Gasteiger partial charge is 0.335 e. The molecule has 37 heavy (non-hydrogen) atoms. The second-order valence-corrected chi connectivity index (χ2v) is 7.75. The molecule has 0 atom stereocenters. The highest BCUT2D eigenvalue weighted by atomic mass is 19.1. The van der Waals surface area contributed by atoms with Gasteiger partial charge in [-0.2, -0.15) is 0 Å². The Kier molecular flexibility index (Phi) is 7.23. The maximum atomic E-state index is 13.9. The van der Waals surface area contributed by atoms with Gasteiger partial charge in [0, 0.05) is 17.7 Å². The molecule has 1 aliphatic rings. The number of nitrogens with one attached hydrogen (secondary N) is 1. The standard InChI is InChI=1S/C26H20FN3O7/c1-2-36-23-14-16(7-12-22(23)37-15-17-5-3-4-6-21(17)27)13-20-24(31)28-26(33)29(25(20)32)18-8-10-19(11-9-18)30(34)35/h3-14H,2,15H2,1H3,(H,28,31,33)/b20-13+. The average Bonchev–Trinajstić information content (AvgIpc) is 2.87. The van der Waals surface area contributed by atoms with Crippen LogP contribution in [-0.2, 0) is 16.2 Å². The van der Waals surface area contributed by atoms with Gasteiger partial charge in [-0.1, -0.05) is 24.3 Å². The van der Waals surface area contributed by atoms with Crippen LogP contribution >= 0.6 is 0 Å². The summed E-state index contributed by atoms with van der Waals surface area (Å²) in [5.74, 6) is -1.57. The number of barbiturate groups is 1. The highest BCUT2D eigenvalue weighted by molar-refractivity contribution is 6.39. The lowest BCUT2D eigenvalue weighted by molar-refractivity contribution is -0.384. The molecule has 1 saturated heterocycles. The molecule has 1 N–H and O–H groups in total. The summed E-state index contributed by atoms with van der Waals surface area (Å²) in [6.45, 7) is 2.01. The fourth-order valence-electron chi connectivity index (χ4n) is 3.55. The number of imide groups is 2. The van der Waals surface area contributed by atoms with Crippen molar-refractivity contribution >= 4 is 35.3 Å². The molecular formula is C26H20FN3O7. The Bertz CT molecular complexity index is 1420. The Balaban J connectivity index is 1.61. The lowest BCUT2D eigenvalue weighted by Crippen LogP contribution is -2.54. The molecule has 0 spiro atoms. The van der Waals surface area contributed by atoms with Gasteiger partial charge in [0.2, 0.25) is 0 Å². The third kappa shape index (κ3) is 5.45. The van der Waals surface area contributed by atoms with Crippen molar-refractivity contribution in [2.24, 2.45) is 0 Å². The molecule has 4 rings (SSSR count). The van der Waals surface area contributed by atoms with E-state index in [-0.39, 0.29) is 30.2 Å². The summed E-state index contributed by atoms with van der Waals surface area (Å²) in [6, 6.07) is 14.6. The van der Waals surface area contributed by atoms with E-state index in [9.17, 15) is 28.9 Å². The Morgan fingerprint density at radius 3 is 2.41 bits per heavy atom. The van der Waals surface area contributed by atoms with E-state index in [0.29, 0.717) is 27.5 Å². The minimum absolute atomic E-state index is 0.0413. The van der Waals surface area contributed by atoms with Crippen molar-refractivity contribution in [1.29, 1.82) is 0 Å². The maximum absolute atomic E-state index is 13.9. The van der Waals surface area contributed by atoms with Crippen molar-refractivity contribution in [2.45, 2.75) is 13.5 Å². The normalized spacial score (nSPS) is 14.5.